The molecule has 1 saturated heterocycles. The third-order valence-corrected chi connectivity index (χ3v) is 7.07. The monoisotopic (exact) mass is 414 g/mol. The number of halogens is 1. The lowest BCUT2D eigenvalue weighted by Gasteiger charge is -2.32. The highest BCUT2D eigenvalue weighted by molar-refractivity contribution is 6.62. The molecule has 0 spiro atoms. The number of aryl methyl sites for hydroxylation is 2. The molecule has 7 heteroatoms. The number of ether oxygens (including phenoxy) is 1. The summed E-state index contributed by atoms with van der Waals surface area (Å²) in [4.78, 5) is 0. The van der Waals surface area contributed by atoms with E-state index in [0.29, 0.717) is 29.3 Å². The number of nitrogens with zero attached hydrogens (tertiary/aromatic N) is 2. The van der Waals surface area contributed by atoms with Gasteiger partial charge in [0, 0.05) is 29.3 Å². The fourth-order valence-electron chi connectivity index (χ4n) is 4.06. The summed E-state index contributed by atoms with van der Waals surface area (Å²) in [5.74, 6) is 0.884. The highest BCUT2D eigenvalue weighted by Gasteiger charge is 2.52. The summed E-state index contributed by atoms with van der Waals surface area (Å²) < 4.78 is 36.1. The average Bonchev–Trinajstić information content (AvgIpc) is 2.98. The first-order chi connectivity index (χ1) is 14.0. The zero-order valence-electron chi connectivity index (χ0n) is 19.1. The van der Waals surface area contributed by atoms with Crippen molar-refractivity contribution >= 4 is 12.6 Å². The van der Waals surface area contributed by atoms with Crippen LogP contribution in [-0.2, 0) is 16.4 Å². The van der Waals surface area contributed by atoms with E-state index < -0.39 is 18.3 Å². The predicted molar refractivity (Wildman–Crippen MR) is 117 cm³/mol. The van der Waals surface area contributed by atoms with Crippen molar-refractivity contribution in [2.75, 3.05) is 6.61 Å². The molecule has 0 atom stereocenters. The minimum atomic E-state index is -0.793. The number of hydrogen-bond acceptors (Lipinski definition) is 4. The van der Waals surface area contributed by atoms with Gasteiger partial charge in [-0.2, -0.15) is 5.10 Å². The van der Waals surface area contributed by atoms with Crippen molar-refractivity contribution in [3.05, 3.63) is 29.3 Å². The Bertz CT molecular complexity index is 950. The number of hydrogen-bond donors (Lipinski definition) is 0. The summed E-state index contributed by atoms with van der Waals surface area (Å²) in [6, 6.07) is 3.53. The van der Waals surface area contributed by atoms with E-state index in [1.165, 1.54) is 19.3 Å². The molecule has 2 fully saturated rings. The van der Waals surface area contributed by atoms with E-state index in [1.54, 1.807) is 16.8 Å². The second-order valence-corrected chi connectivity index (χ2v) is 9.74. The fourth-order valence-corrected chi connectivity index (χ4v) is 4.06. The second kappa shape index (κ2) is 7.38. The van der Waals surface area contributed by atoms with Crippen molar-refractivity contribution in [3.63, 3.8) is 0 Å². The SMILES string of the molecule is Cc1nn(C)c(C)c1-c1cc(OCC2CCC2)cc(B2OC(C)(C)C(C)(C)O2)c1F. The molecule has 162 valence electrons. The number of benzene rings is 1. The number of aromatic nitrogens is 2. The topological polar surface area (TPSA) is 45.5 Å². The smallest absolute Gasteiger partial charge is 0.493 e. The zero-order chi connectivity index (χ0) is 21.8. The van der Waals surface area contributed by atoms with Crippen molar-refractivity contribution in [2.45, 2.75) is 72.0 Å². The van der Waals surface area contributed by atoms with E-state index in [2.05, 4.69) is 5.10 Å². The van der Waals surface area contributed by atoms with Crippen LogP contribution in [0.5, 0.6) is 5.75 Å². The van der Waals surface area contributed by atoms with Crippen molar-refractivity contribution in [1.29, 1.82) is 0 Å². The first-order valence-corrected chi connectivity index (χ1v) is 10.8. The zero-order valence-corrected chi connectivity index (χ0v) is 19.1. The molecule has 0 N–H and O–H groups in total. The Morgan fingerprint density at radius 1 is 1.17 bits per heavy atom. The molecule has 2 heterocycles. The van der Waals surface area contributed by atoms with Crippen LogP contribution in [0.1, 0.15) is 58.3 Å². The Hall–Kier alpha value is -1.86. The van der Waals surface area contributed by atoms with Gasteiger partial charge in [-0.25, -0.2) is 4.39 Å². The van der Waals surface area contributed by atoms with E-state index in [1.807, 2.05) is 48.6 Å². The van der Waals surface area contributed by atoms with Crippen LogP contribution in [0.2, 0.25) is 0 Å². The molecule has 0 radical (unpaired) electrons. The Morgan fingerprint density at radius 2 is 1.80 bits per heavy atom. The molecule has 1 aliphatic heterocycles. The Morgan fingerprint density at radius 3 is 2.30 bits per heavy atom. The van der Waals surface area contributed by atoms with E-state index in [0.717, 1.165) is 17.0 Å². The molecule has 0 bridgehead atoms. The van der Waals surface area contributed by atoms with Gasteiger partial charge < -0.3 is 14.0 Å². The Balaban J connectivity index is 1.78. The molecule has 0 unspecified atom stereocenters. The lowest BCUT2D eigenvalue weighted by atomic mass is 9.77. The molecular formula is C23H32BFN2O3. The van der Waals surface area contributed by atoms with E-state index in [4.69, 9.17) is 14.0 Å². The number of rotatable bonds is 5. The van der Waals surface area contributed by atoms with Crippen LogP contribution in [0.25, 0.3) is 11.1 Å². The summed E-state index contributed by atoms with van der Waals surface area (Å²) >= 11 is 0. The summed E-state index contributed by atoms with van der Waals surface area (Å²) in [5.41, 5.74) is 2.24. The summed E-state index contributed by atoms with van der Waals surface area (Å²) in [6.45, 7) is 12.4. The molecular weight excluding hydrogens is 382 g/mol. The fraction of sp³-hybridized carbons (Fsp3) is 0.609. The van der Waals surface area contributed by atoms with Crippen LogP contribution in [0.4, 0.5) is 4.39 Å². The third kappa shape index (κ3) is 3.56. The van der Waals surface area contributed by atoms with E-state index in [9.17, 15) is 0 Å². The van der Waals surface area contributed by atoms with Gasteiger partial charge >= 0.3 is 7.12 Å². The first-order valence-electron chi connectivity index (χ1n) is 10.8. The Labute approximate surface area is 179 Å². The molecule has 1 aliphatic carbocycles. The van der Waals surface area contributed by atoms with Crippen molar-refractivity contribution in [2.24, 2.45) is 13.0 Å². The van der Waals surface area contributed by atoms with Gasteiger partial charge in [-0.1, -0.05) is 6.42 Å². The minimum absolute atomic E-state index is 0.344. The lowest BCUT2D eigenvalue weighted by molar-refractivity contribution is 0.00578. The predicted octanol–water partition coefficient (Wildman–Crippen LogP) is 4.32. The van der Waals surface area contributed by atoms with Crippen molar-refractivity contribution in [1.82, 2.24) is 9.78 Å². The van der Waals surface area contributed by atoms with Crippen LogP contribution < -0.4 is 10.2 Å². The quantitative estimate of drug-likeness (QED) is 0.684. The molecule has 2 aromatic rings. The second-order valence-electron chi connectivity index (χ2n) is 9.74. The average molecular weight is 414 g/mol. The van der Waals surface area contributed by atoms with Gasteiger partial charge in [-0.3, -0.25) is 4.68 Å². The van der Waals surface area contributed by atoms with Crippen LogP contribution in [-0.4, -0.2) is 34.7 Å². The van der Waals surface area contributed by atoms with Gasteiger partial charge in [0.15, 0.2) is 0 Å². The molecule has 1 saturated carbocycles. The van der Waals surface area contributed by atoms with Crippen LogP contribution in [0, 0.1) is 25.6 Å². The molecule has 2 aliphatic rings. The van der Waals surface area contributed by atoms with Gasteiger partial charge in [0.05, 0.1) is 23.5 Å². The standard InChI is InChI=1S/C23H32BFN2O3/c1-14-20(15(2)27(7)26-14)18-11-17(28-13-16-9-8-10-16)12-19(21(18)25)24-29-22(3,4)23(5,6)30-24/h11-12,16H,8-10,13H2,1-7H3. The maximum atomic E-state index is 15.9. The van der Waals surface area contributed by atoms with E-state index >= 15 is 4.39 Å². The maximum Gasteiger partial charge on any atom is 0.498 e. The third-order valence-electron chi connectivity index (χ3n) is 7.07. The molecule has 30 heavy (non-hydrogen) atoms. The summed E-state index contributed by atoms with van der Waals surface area (Å²) in [7, 11) is 1.08. The highest BCUT2D eigenvalue weighted by Crippen LogP contribution is 2.38. The van der Waals surface area contributed by atoms with Crippen molar-refractivity contribution < 1.29 is 18.4 Å². The first kappa shape index (κ1) is 21.4. The molecule has 4 rings (SSSR count). The molecule has 5 nitrogen and oxygen atoms in total. The van der Waals surface area contributed by atoms with Gasteiger partial charge in [0.2, 0.25) is 0 Å². The van der Waals surface area contributed by atoms with Gasteiger partial charge in [0.25, 0.3) is 0 Å². The normalized spacial score (nSPS) is 20.5. The Kier molecular flexibility index (Phi) is 5.26. The molecule has 0 amide bonds. The van der Waals surface area contributed by atoms with Gasteiger partial charge in [-0.15, -0.1) is 0 Å². The minimum Gasteiger partial charge on any atom is -0.493 e. The largest absolute Gasteiger partial charge is 0.498 e. The van der Waals surface area contributed by atoms with E-state index in [-0.39, 0.29) is 5.82 Å². The lowest BCUT2D eigenvalue weighted by Crippen LogP contribution is -2.41. The molecule has 1 aromatic carbocycles. The van der Waals surface area contributed by atoms with Gasteiger partial charge in [-0.05, 0) is 72.4 Å². The highest BCUT2D eigenvalue weighted by atomic mass is 19.1. The maximum absolute atomic E-state index is 15.9. The molecule has 1 aromatic heterocycles. The van der Waals surface area contributed by atoms with Crippen LogP contribution in [0.15, 0.2) is 12.1 Å². The summed E-state index contributed by atoms with van der Waals surface area (Å²) in [6.07, 6.45) is 3.65. The van der Waals surface area contributed by atoms with Crippen molar-refractivity contribution in [3.8, 4) is 16.9 Å². The van der Waals surface area contributed by atoms with Gasteiger partial charge in [0.1, 0.15) is 11.6 Å². The van der Waals surface area contributed by atoms with Crippen LogP contribution >= 0.6 is 0 Å². The van der Waals surface area contributed by atoms with Crippen LogP contribution in [0.3, 0.4) is 0 Å². The summed E-state index contributed by atoms with van der Waals surface area (Å²) in [5, 5.41) is 4.47.